The molecule has 5 heteroatoms. The Kier molecular flexibility index (Phi) is 3.81. The zero-order chi connectivity index (χ0) is 12.3. The van der Waals surface area contributed by atoms with Crippen LogP contribution in [0.1, 0.15) is 12.0 Å². The average Bonchev–Trinajstić information content (AvgIpc) is 2.76. The number of ketones is 1. The highest BCUT2D eigenvalue weighted by atomic mass is 19.1. The van der Waals surface area contributed by atoms with Crippen LogP contribution in [0.15, 0.2) is 18.2 Å². The van der Waals surface area contributed by atoms with Gasteiger partial charge in [-0.1, -0.05) is 6.07 Å². The minimum absolute atomic E-state index is 0.0216. The van der Waals surface area contributed by atoms with Gasteiger partial charge in [-0.3, -0.25) is 4.79 Å². The van der Waals surface area contributed by atoms with E-state index in [4.69, 9.17) is 9.47 Å². The van der Waals surface area contributed by atoms with E-state index in [0.717, 1.165) is 12.1 Å². The van der Waals surface area contributed by atoms with Crippen molar-refractivity contribution < 1.29 is 23.0 Å². The molecule has 3 nitrogen and oxygen atoms in total. The molecule has 2 rings (SSSR count). The zero-order valence-corrected chi connectivity index (χ0v) is 9.12. The van der Waals surface area contributed by atoms with Gasteiger partial charge in [-0.05, 0) is 12.1 Å². The Balaban J connectivity index is 1.97. The van der Waals surface area contributed by atoms with Crippen molar-refractivity contribution >= 4 is 5.78 Å². The first-order valence-electron chi connectivity index (χ1n) is 5.34. The van der Waals surface area contributed by atoms with Crippen LogP contribution in [0.4, 0.5) is 8.78 Å². The maximum absolute atomic E-state index is 13.3. The van der Waals surface area contributed by atoms with Gasteiger partial charge in [0.15, 0.2) is 6.29 Å². The summed E-state index contributed by atoms with van der Waals surface area (Å²) in [6.07, 6.45) is -0.826. The lowest BCUT2D eigenvalue weighted by Gasteiger charge is -2.08. The van der Waals surface area contributed by atoms with E-state index in [1.165, 1.54) is 6.07 Å². The van der Waals surface area contributed by atoms with Gasteiger partial charge < -0.3 is 9.47 Å². The van der Waals surface area contributed by atoms with Crippen molar-refractivity contribution in [1.29, 1.82) is 0 Å². The molecule has 0 atom stereocenters. The van der Waals surface area contributed by atoms with Crippen LogP contribution in [0.25, 0.3) is 0 Å². The molecule has 0 saturated carbocycles. The summed E-state index contributed by atoms with van der Waals surface area (Å²) in [5.41, 5.74) is -0.199. The third-order valence-electron chi connectivity index (χ3n) is 2.52. The van der Waals surface area contributed by atoms with Gasteiger partial charge in [-0.2, -0.15) is 0 Å². The smallest absolute Gasteiger partial charge is 0.164 e. The fourth-order valence-electron chi connectivity index (χ4n) is 1.68. The van der Waals surface area contributed by atoms with Crippen LogP contribution in [-0.4, -0.2) is 25.3 Å². The monoisotopic (exact) mass is 242 g/mol. The minimum Gasteiger partial charge on any atom is -0.350 e. The molecule has 0 spiro atoms. The number of carbonyl (C=O) groups is 1. The highest BCUT2D eigenvalue weighted by Gasteiger charge is 2.21. The molecule has 92 valence electrons. The van der Waals surface area contributed by atoms with Gasteiger partial charge >= 0.3 is 0 Å². The summed E-state index contributed by atoms with van der Waals surface area (Å²) in [7, 11) is 0. The first-order valence-corrected chi connectivity index (χ1v) is 5.34. The van der Waals surface area contributed by atoms with Crippen LogP contribution in [0.3, 0.4) is 0 Å². The molecule has 1 fully saturated rings. The van der Waals surface area contributed by atoms with Gasteiger partial charge in [0.1, 0.15) is 17.4 Å². The van der Waals surface area contributed by atoms with Crippen LogP contribution in [0, 0.1) is 11.6 Å². The second kappa shape index (κ2) is 5.33. The van der Waals surface area contributed by atoms with Crippen LogP contribution in [-0.2, 0) is 20.7 Å². The lowest BCUT2D eigenvalue weighted by molar-refractivity contribution is -0.126. The maximum atomic E-state index is 13.3. The lowest BCUT2D eigenvalue weighted by Crippen LogP contribution is -2.16. The Morgan fingerprint density at radius 1 is 1.24 bits per heavy atom. The maximum Gasteiger partial charge on any atom is 0.164 e. The van der Waals surface area contributed by atoms with E-state index in [9.17, 15) is 13.6 Å². The Morgan fingerprint density at radius 2 is 1.82 bits per heavy atom. The molecule has 1 heterocycles. The van der Waals surface area contributed by atoms with Crippen molar-refractivity contribution in [2.24, 2.45) is 0 Å². The molecule has 1 aliphatic rings. The standard InChI is InChI=1S/C12H12F2O3/c13-10-2-1-3-11(14)9(10)6-8(15)7-12-16-4-5-17-12/h1-3,12H,4-7H2. The normalized spacial score (nSPS) is 16.4. The van der Waals surface area contributed by atoms with Gasteiger partial charge in [-0.25, -0.2) is 8.78 Å². The summed E-state index contributed by atoms with van der Waals surface area (Å²) < 4.78 is 36.7. The van der Waals surface area contributed by atoms with Gasteiger partial charge in [0.2, 0.25) is 0 Å². The molecule has 0 aromatic heterocycles. The first-order chi connectivity index (χ1) is 8.16. The second-order valence-corrected chi connectivity index (χ2v) is 3.79. The quantitative estimate of drug-likeness (QED) is 0.808. The van der Waals surface area contributed by atoms with Gasteiger partial charge in [0.25, 0.3) is 0 Å². The molecular formula is C12H12F2O3. The number of ether oxygens (including phenoxy) is 2. The Bertz CT molecular complexity index is 394. The largest absolute Gasteiger partial charge is 0.350 e. The van der Waals surface area contributed by atoms with Crippen molar-refractivity contribution in [3.63, 3.8) is 0 Å². The molecule has 1 aromatic rings. The number of halogens is 2. The first kappa shape index (κ1) is 12.1. The van der Waals surface area contributed by atoms with Gasteiger partial charge in [-0.15, -0.1) is 0 Å². The van der Waals surface area contributed by atoms with E-state index in [-0.39, 0.29) is 24.2 Å². The molecule has 0 bridgehead atoms. The van der Waals surface area contributed by atoms with Gasteiger partial charge in [0, 0.05) is 12.0 Å². The molecule has 1 aromatic carbocycles. The molecule has 0 N–H and O–H groups in total. The van der Waals surface area contributed by atoms with E-state index in [2.05, 4.69) is 0 Å². The van der Waals surface area contributed by atoms with Crippen molar-refractivity contribution in [2.75, 3.05) is 13.2 Å². The average molecular weight is 242 g/mol. The summed E-state index contributed by atoms with van der Waals surface area (Å²) in [4.78, 5) is 11.6. The predicted molar refractivity (Wildman–Crippen MR) is 55.4 cm³/mol. The SMILES string of the molecule is O=C(Cc1c(F)cccc1F)CC1OCCO1. The number of rotatable bonds is 4. The summed E-state index contributed by atoms with van der Waals surface area (Å²) in [5, 5.41) is 0. The fraction of sp³-hybridized carbons (Fsp3) is 0.417. The molecule has 17 heavy (non-hydrogen) atoms. The molecule has 0 radical (unpaired) electrons. The van der Waals surface area contributed by atoms with E-state index < -0.39 is 17.9 Å². The molecule has 0 aliphatic carbocycles. The Labute approximate surface area is 97.3 Å². The summed E-state index contributed by atoms with van der Waals surface area (Å²) in [6.45, 7) is 0.901. The van der Waals surface area contributed by atoms with Crippen molar-refractivity contribution in [1.82, 2.24) is 0 Å². The van der Waals surface area contributed by atoms with Crippen LogP contribution < -0.4 is 0 Å². The van der Waals surface area contributed by atoms with E-state index in [0.29, 0.717) is 13.2 Å². The molecule has 0 amide bonds. The van der Waals surface area contributed by atoms with Crippen molar-refractivity contribution in [3.8, 4) is 0 Å². The topological polar surface area (TPSA) is 35.5 Å². The Hall–Kier alpha value is -1.33. The zero-order valence-electron chi connectivity index (χ0n) is 9.12. The third-order valence-corrected chi connectivity index (χ3v) is 2.52. The fourth-order valence-corrected chi connectivity index (χ4v) is 1.68. The minimum atomic E-state index is -0.702. The Morgan fingerprint density at radius 3 is 2.41 bits per heavy atom. The van der Waals surface area contributed by atoms with E-state index in [1.807, 2.05) is 0 Å². The van der Waals surface area contributed by atoms with E-state index in [1.54, 1.807) is 0 Å². The van der Waals surface area contributed by atoms with Crippen LogP contribution >= 0.6 is 0 Å². The summed E-state index contributed by atoms with van der Waals surface area (Å²) in [6, 6.07) is 3.53. The summed E-state index contributed by atoms with van der Waals surface area (Å²) >= 11 is 0. The number of benzene rings is 1. The van der Waals surface area contributed by atoms with E-state index >= 15 is 0 Å². The lowest BCUT2D eigenvalue weighted by atomic mass is 10.1. The predicted octanol–water partition coefficient (Wildman–Crippen LogP) is 1.84. The van der Waals surface area contributed by atoms with Crippen molar-refractivity contribution in [3.05, 3.63) is 35.4 Å². The highest BCUT2D eigenvalue weighted by molar-refractivity contribution is 5.81. The van der Waals surface area contributed by atoms with Crippen LogP contribution in [0.5, 0.6) is 0 Å². The molecule has 1 aliphatic heterocycles. The molecule has 1 saturated heterocycles. The van der Waals surface area contributed by atoms with Crippen LogP contribution in [0.2, 0.25) is 0 Å². The number of Topliss-reactive ketones (excluding diaryl/α,β-unsaturated/α-hetero) is 1. The van der Waals surface area contributed by atoms with Crippen molar-refractivity contribution in [2.45, 2.75) is 19.1 Å². The number of hydrogen-bond donors (Lipinski definition) is 0. The summed E-state index contributed by atoms with van der Waals surface area (Å²) in [5.74, 6) is -1.71. The molecular weight excluding hydrogens is 230 g/mol. The van der Waals surface area contributed by atoms with Gasteiger partial charge in [0.05, 0.1) is 19.6 Å². The highest BCUT2D eigenvalue weighted by Crippen LogP contribution is 2.15. The second-order valence-electron chi connectivity index (χ2n) is 3.79. The third kappa shape index (κ3) is 3.08. The number of carbonyl (C=O) groups excluding carboxylic acids is 1. The number of hydrogen-bond acceptors (Lipinski definition) is 3. The molecule has 0 unspecified atom stereocenters.